The molecule has 3 rings (SSSR count). The first-order chi connectivity index (χ1) is 9.31. The molecule has 0 bridgehead atoms. The van der Waals surface area contributed by atoms with Crippen molar-refractivity contribution in [3.05, 3.63) is 59.2 Å². The van der Waals surface area contributed by atoms with E-state index in [0.29, 0.717) is 0 Å². The van der Waals surface area contributed by atoms with Crippen LogP contribution in [0.1, 0.15) is 48.9 Å². The zero-order chi connectivity index (χ0) is 13.2. The molecule has 0 saturated heterocycles. The van der Waals surface area contributed by atoms with E-state index in [-0.39, 0.29) is 6.04 Å². The fourth-order valence-electron chi connectivity index (χ4n) is 3.11. The Bertz CT molecular complexity index is 586. The second-order valence-electron chi connectivity index (χ2n) is 5.46. The molecule has 1 aliphatic rings. The quantitative estimate of drug-likeness (QED) is 0.728. The van der Waals surface area contributed by atoms with Crippen LogP contribution in [0.25, 0.3) is 11.1 Å². The van der Waals surface area contributed by atoms with Gasteiger partial charge < -0.3 is 5.73 Å². The maximum absolute atomic E-state index is 6.39. The van der Waals surface area contributed by atoms with Crippen LogP contribution >= 0.6 is 0 Å². The highest BCUT2D eigenvalue weighted by Gasteiger charge is 2.22. The van der Waals surface area contributed by atoms with Crippen molar-refractivity contribution in [2.45, 2.75) is 38.6 Å². The monoisotopic (exact) mass is 251 g/mol. The average Bonchev–Trinajstić information content (AvgIpc) is 2.83. The lowest BCUT2D eigenvalue weighted by atomic mass is 9.94. The molecular weight excluding hydrogens is 230 g/mol. The predicted octanol–water partition coefficient (Wildman–Crippen LogP) is 4.45. The predicted molar refractivity (Wildman–Crippen MR) is 81.1 cm³/mol. The van der Waals surface area contributed by atoms with Gasteiger partial charge in [0.25, 0.3) is 0 Å². The van der Waals surface area contributed by atoms with Gasteiger partial charge in [-0.15, -0.1) is 0 Å². The van der Waals surface area contributed by atoms with Gasteiger partial charge in [0.2, 0.25) is 0 Å². The number of benzene rings is 2. The fraction of sp³-hybridized carbons (Fsp3) is 0.333. The largest absolute Gasteiger partial charge is 0.324 e. The molecule has 0 heterocycles. The molecule has 1 atom stereocenters. The zero-order valence-electron chi connectivity index (χ0n) is 11.5. The third kappa shape index (κ3) is 2.19. The summed E-state index contributed by atoms with van der Waals surface area (Å²) in [5.41, 5.74) is 13.4. The van der Waals surface area contributed by atoms with Crippen LogP contribution in [-0.4, -0.2) is 0 Å². The maximum Gasteiger partial charge on any atom is 0.0297 e. The summed E-state index contributed by atoms with van der Waals surface area (Å²) in [4.78, 5) is 0. The Morgan fingerprint density at radius 1 is 1.05 bits per heavy atom. The van der Waals surface area contributed by atoms with Crippen molar-refractivity contribution in [3.63, 3.8) is 0 Å². The SMILES string of the molecule is CCCCC(N)c1cccc2c1Cc1ccccc1-2. The lowest BCUT2D eigenvalue weighted by Gasteiger charge is -2.16. The van der Waals surface area contributed by atoms with E-state index >= 15 is 0 Å². The first kappa shape index (κ1) is 12.4. The Hall–Kier alpha value is -1.60. The van der Waals surface area contributed by atoms with E-state index in [0.717, 1.165) is 12.8 Å². The molecule has 0 fully saturated rings. The van der Waals surface area contributed by atoms with Gasteiger partial charge in [-0.1, -0.05) is 62.2 Å². The number of hydrogen-bond donors (Lipinski definition) is 1. The molecule has 0 aliphatic heterocycles. The third-order valence-corrected chi connectivity index (χ3v) is 4.16. The molecule has 1 unspecified atom stereocenters. The van der Waals surface area contributed by atoms with E-state index in [1.165, 1.54) is 40.7 Å². The molecule has 1 aliphatic carbocycles. The normalized spacial score (nSPS) is 14.0. The standard InChI is InChI=1S/C18H21N/c1-2-3-11-18(19)16-10-6-9-15-14-8-5-4-7-13(14)12-17(15)16/h4-10,18H,2-3,11-12,19H2,1H3. The van der Waals surface area contributed by atoms with Gasteiger partial charge in [-0.05, 0) is 40.7 Å². The maximum atomic E-state index is 6.39. The number of fused-ring (bicyclic) bond motifs is 3. The van der Waals surface area contributed by atoms with Crippen LogP contribution in [0.3, 0.4) is 0 Å². The molecule has 19 heavy (non-hydrogen) atoms. The van der Waals surface area contributed by atoms with Crippen LogP contribution in [0.4, 0.5) is 0 Å². The first-order valence-corrected chi connectivity index (χ1v) is 7.27. The van der Waals surface area contributed by atoms with Gasteiger partial charge in [0.1, 0.15) is 0 Å². The van der Waals surface area contributed by atoms with E-state index in [1.54, 1.807) is 0 Å². The highest BCUT2D eigenvalue weighted by molar-refractivity contribution is 5.78. The summed E-state index contributed by atoms with van der Waals surface area (Å²) < 4.78 is 0. The van der Waals surface area contributed by atoms with Gasteiger partial charge in [-0.3, -0.25) is 0 Å². The molecule has 2 N–H and O–H groups in total. The summed E-state index contributed by atoms with van der Waals surface area (Å²) in [7, 11) is 0. The van der Waals surface area contributed by atoms with Crippen LogP contribution in [0.5, 0.6) is 0 Å². The van der Waals surface area contributed by atoms with Crippen LogP contribution in [0.15, 0.2) is 42.5 Å². The molecule has 1 heteroatoms. The smallest absolute Gasteiger partial charge is 0.0297 e. The minimum Gasteiger partial charge on any atom is -0.324 e. The van der Waals surface area contributed by atoms with Crippen molar-refractivity contribution in [3.8, 4) is 11.1 Å². The number of nitrogens with two attached hydrogens (primary N) is 1. The van der Waals surface area contributed by atoms with Crippen molar-refractivity contribution in [1.82, 2.24) is 0 Å². The van der Waals surface area contributed by atoms with Gasteiger partial charge in [0, 0.05) is 6.04 Å². The van der Waals surface area contributed by atoms with Gasteiger partial charge in [-0.25, -0.2) is 0 Å². The molecule has 0 radical (unpaired) electrons. The lowest BCUT2D eigenvalue weighted by Crippen LogP contribution is -2.12. The van der Waals surface area contributed by atoms with Crippen LogP contribution in [0, 0.1) is 0 Å². The summed E-state index contributed by atoms with van der Waals surface area (Å²) in [6.07, 6.45) is 4.55. The Kier molecular flexibility index (Phi) is 3.39. The Labute approximate surface area is 115 Å². The minimum atomic E-state index is 0.184. The fourth-order valence-corrected chi connectivity index (χ4v) is 3.11. The summed E-state index contributed by atoms with van der Waals surface area (Å²) in [6, 6.07) is 15.5. The molecule has 98 valence electrons. The van der Waals surface area contributed by atoms with Crippen LogP contribution in [0.2, 0.25) is 0 Å². The van der Waals surface area contributed by atoms with Crippen LogP contribution in [-0.2, 0) is 6.42 Å². The van der Waals surface area contributed by atoms with Crippen molar-refractivity contribution in [1.29, 1.82) is 0 Å². The molecule has 1 nitrogen and oxygen atoms in total. The van der Waals surface area contributed by atoms with E-state index in [4.69, 9.17) is 5.73 Å². The number of unbranched alkanes of at least 4 members (excludes halogenated alkanes) is 1. The van der Waals surface area contributed by atoms with Crippen molar-refractivity contribution in [2.24, 2.45) is 5.73 Å². The lowest BCUT2D eigenvalue weighted by molar-refractivity contribution is 0.600. The molecule has 0 amide bonds. The van der Waals surface area contributed by atoms with Gasteiger partial charge in [0.15, 0.2) is 0 Å². The summed E-state index contributed by atoms with van der Waals surface area (Å²) in [6.45, 7) is 2.22. The summed E-state index contributed by atoms with van der Waals surface area (Å²) in [5.74, 6) is 0. The molecule has 0 spiro atoms. The molecular formula is C18H21N. The van der Waals surface area contributed by atoms with Gasteiger partial charge in [0.05, 0.1) is 0 Å². The van der Waals surface area contributed by atoms with Gasteiger partial charge >= 0.3 is 0 Å². The highest BCUT2D eigenvalue weighted by atomic mass is 14.6. The van der Waals surface area contributed by atoms with E-state index in [1.807, 2.05) is 0 Å². The van der Waals surface area contributed by atoms with E-state index < -0.39 is 0 Å². The molecule has 0 aromatic heterocycles. The first-order valence-electron chi connectivity index (χ1n) is 7.27. The topological polar surface area (TPSA) is 26.0 Å². The Morgan fingerprint density at radius 3 is 2.68 bits per heavy atom. The Morgan fingerprint density at radius 2 is 1.84 bits per heavy atom. The average molecular weight is 251 g/mol. The summed E-state index contributed by atoms with van der Waals surface area (Å²) >= 11 is 0. The van der Waals surface area contributed by atoms with Crippen molar-refractivity contribution < 1.29 is 0 Å². The van der Waals surface area contributed by atoms with Crippen molar-refractivity contribution in [2.75, 3.05) is 0 Å². The minimum absolute atomic E-state index is 0.184. The Balaban J connectivity index is 1.99. The third-order valence-electron chi connectivity index (χ3n) is 4.16. The van der Waals surface area contributed by atoms with E-state index in [2.05, 4.69) is 49.4 Å². The number of hydrogen-bond acceptors (Lipinski definition) is 1. The number of rotatable bonds is 4. The van der Waals surface area contributed by atoms with E-state index in [9.17, 15) is 0 Å². The second kappa shape index (κ2) is 5.18. The highest BCUT2D eigenvalue weighted by Crippen LogP contribution is 2.39. The van der Waals surface area contributed by atoms with Crippen molar-refractivity contribution >= 4 is 0 Å². The molecule has 0 saturated carbocycles. The van der Waals surface area contributed by atoms with Crippen LogP contribution < -0.4 is 5.73 Å². The van der Waals surface area contributed by atoms with Gasteiger partial charge in [-0.2, -0.15) is 0 Å². The zero-order valence-corrected chi connectivity index (χ0v) is 11.5. The molecule has 2 aromatic rings. The summed E-state index contributed by atoms with van der Waals surface area (Å²) in [5, 5.41) is 0. The molecule has 2 aromatic carbocycles. The second-order valence-corrected chi connectivity index (χ2v) is 5.46.